The normalized spacial score (nSPS) is 51.5. The molecule has 10 atom stereocenters. The van der Waals surface area contributed by atoms with Crippen molar-refractivity contribution in [1.29, 1.82) is 0 Å². The van der Waals surface area contributed by atoms with Crippen LogP contribution in [0.15, 0.2) is 23.8 Å². The number of ether oxygens (including phenoxy) is 2. The van der Waals surface area contributed by atoms with Gasteiger partial charge in [0.25, 0.3) is 0 Å². The molecule has 7 heteroatoms. The fraction of sp³-hybridized carbons (Fsp3) is 0.760. The molecule has 4 aliphatic carbocycles. The van der Waals surface area contributed by atoms with Gasteiger partial charge in [0.1, 0.15) is 12.8 Å². The summed E-state index contributed by atoms with van der Waals surface area (Å²) in [6.07, 6.45) is 3.97. The lowest BCUT2D eigenvalue weighted by Crippen LogP contribution is -2.64. The molecule has 176 valence electrons. The Bertz CT molecular complexity index is 899. The van der Waals surface area contributed by atoms with Gasteiger partial charge >= 0.3 is 0 Å². The first-order chi connectivity index (χ1) is 15.1. The third-order valence-electron chi connectivity index (χ3n) is 9.35. The van der Waals surface area contributed by atoms with E-state index in [-0.39, 0.29) is 30.0 Å². The highest BCUT2D eigenvalue weighted by molar-refractivity contribution is 6.01. The number of hydrogen-bond acceptors (Lipinski definition) is 6. The van der Waals surface area contributed by atoms with E-state index in [1.165, 1.54) is 12.2 Å². The predicted octanol–water partition coefficient (Wildman–Crippen LogP) is 2.66. The Hall–Kier alpha value is -1.41. The summed E-state index contributed by atoms with van der Waals surface area (Å²) in [4.78, 5) is 25.2. The van der Waals surface area contributed by atoms with Crippen LogP contribution >= 0.6 is 0 Å². The highest BCUT2D eigenvalue weighted by atomic mass is 19.1. The summed E-state index contributed by atoms with van der Waals surface area (Å²) in [5.74, 6) is -1.22. The smallest absolute Gasteiger partial charge is 0.193 e. The van der Waals surface area contributed by atoms with Crippen molar-refractivity contribution in [2.24, 2.45) is 28.6 Å². The van der Waals surface area contributed by atoms with Crippen molar-refractivity contribution in [2.45, 2.75) is 83.1 Å². The minimum Gasteiger partial charge on any atom is -0.393 e. The lowest BCUT2D eigenvalue weighted by Gasteiger charge is -2.60. The second-order valence-corrected chi connectivity index (χ2v) is 10.8. The number of aliphatic hydroxyl groups excluding tert-OH is 2. The quantitative estimate of drug-likeness (QED) is 0.687. The van der Waals surface area contributed by atoms with E-state index in [4.69, 9.17) is 9.47 Å². The van der Waals surface area contributed by atoms with Crippen LogP contribution in [0.25, 0.3) is 0 Å². The fourth-order valence-electron chi connectivity index (χ4n) is 8.13. The lowest BCUT2D eigenvalue weighted by molar-refractivity contribution is -0.202. The average Bonchev–Trinajstić information content (AvgIpc) is 3.21. The van der Waals surface area contributed by atoms with Crippen molar-refractivity contribution in [3.8, 4) is 0 Å². The third-order valence-corrected chi connectivity index (χ3v) is 9.35. The van der Waals surface area contributed by atoms with Crippen molar-refractivity contribution >= 4 is 11.6 Å². The van der Waals surface area contributed by atoms with Crippen molar-refractivity contribution in [1.82, 2.24) is 0 Å². The van der Waals surface area contributed by atoms with Crippen LogP contribution in [0.1, 0.15) is 52.9 Å². The summed E-state index contributed by atoms with van der Waals surface area (Å²) in [6.45, 7) is 5.21. The summed E-state index contributed by atoms with van der Waals surface area (Å²) in [7, 11) is 0. The maximum Gasteiger partial charge on any atom is 0.193 e. The zero-order valence-electron chi connectivity index (χ0n) is 18.9. The summed E-state index contributed by atoms with van der Waals surface area (Å²) < 4.78 is 28.0. The fourth-order valence-corrected chi connectivity index (χ4v) is 8.13. The molecule has 0 spiro atoms. The van der Waals surface area contributed by atoms with Gasteiger partial charge in [-0.25, -0.2) is 4.39 Å². The number of ketones is 2. The molecule has 0 aromatic heterocycles. The molecule has 4 fully saturated rings. The number of carbonyl (C=O) groups excluding carboxylic acids is 2. The van der Waals surface area contributed by atoms with E-state index in [0.29, 0.717) is 24.8 Å². The van der Waals surface area contributed by atoms with Gasteiger partial charge in [0.05, 0.1) is 12.2 Å². The molecule has 0 aromatic rings. The Morgan fingerprint density at radius 2 is 2.06 bits per heavy atom. The number of hydrogen-bond donors (Lipinski definition) is 2. The zero-order chi connectivity index (χ0) is 23.1. The standard InChI is InChI=1S/C25H33FO6/c1-4-5-21-31-20-10-15-14-9-17(26)16-8-13(28)6-7-23(16,2)22(14)18(29)11-24(15,3)25(20,32-21)19(30)12-27/h6-8,14-15,17-18,20-22,27,29H,4-5,9-12H2,1-3H3/t14-,15-,17-,18-,20+,21-,22+,23-,24-,25+/m0/s1. The summed E-state index contributed by atoms with van der Waals surface area (Å²) in [6, 6.07) is 0. The van der Waals surface area contributed by atoms with Crippen LogP contribution in [0.2, 0.25) is 0 Å². The van der Waals surface area contributed by atoms with Crippen LogP contribution in [0.3, 0.4) is 0 Å². The van der Waals surface area contributed by atoms with Crippen molar-refractivity contribution in [3.63, 3.8) is 0 Å². The van der Waals surface area contributed by atoms with E-state index >= 15 is 4.39 Å². The van der Waals surface area contributed by atoms with E-state index in [1.54, 1.807) is 6.08 Å². The van der Waals surface area contributed by atoms with E-state index in [2.05, 4.69) is 0 Å². The van der Waals surface area contributed by atoms with Gasteiger partial charge < -0.3 is 19.7 Å². The molecule has 1 saturated heterocycles. The Morgan fingerprint density at radius 1 is 1.31 bits per heavy atom. The van der Waals surface area contributed by atoms with Crippen LogP contribution in [0.4, 0.5) is 4.39 Å². The number of fused-ring (bicyclic) bond motifs is 7. The summed E-state index contributed by atoms with van der Waals surface area (Å²) in [5.41, 5.74) is -2.43. The highest BCUT2D eigenvalue weighted by Crippen LogP contribution is 2.69. The average molecular weight is 449 g/mol. The second-order valence-electron chi connectivity index (χ2n) is 10.8. The summed E-state index contributed by atoms with van der Waals surface area (Å²) in [5, 5.41) is 21.4. The first-order valence-electron chi connectivity index (χ1n) is 11.9. The second kappa shape index (κ2) is 7.29. The van der Waals surface area contributed by atoms with Crippen LogP contribution in [0.5, 0.6) is 0 Å². The van der Waals surface area contributed by atoms with Crippen LogP contribution in [-0.4, -0.2) is 58.7 Å². The molecule has 1 heterocycles. The molecule has 1 aliphatic heterocycles. The first-order valence-corrected chi connectivity index (χ1v) is 11.9. The van der Waals surface area contributed by atoms with Crippen molar-refractivity contribution in [2.75, 3.05) is 6.61 Å². The Balaban J connectivity index is 1.58. The molecule has 6 nitrogen and oxygen atoms in total. The van der Waals surface area contributed by atoms with E-state index in [1.807, 2.05) is 20.8 Å². The van der Waals surface area contributed by atoms with Gasteiger partial charge in [-0.05, 0) is 55.2 Å². The van der Waals surface area contributed by atoms with E-state index in [9.17, 15) is 19.8 Å². The number of halogens is 1. The lowest BCUT2D eigenvalue weighted by atomic mass is 9.46. The van der Waals surface area contributed by atoms with Gasteiger partial charge in [0, 0.05) is 16.7 Å². The number of Topliss-reactive ketones (excluding diaryl/α,β-unsaturated/α-hetero) is 1. The molecule has 5 aliphatic rings. The highest BCUT2D eigenvalue weighted by Gasteiger charge is 2.76. The van der Waals surface area contributed by atoms with Gasteiger partial charge in [0.15, 0.2) is 23.5 Å². The molecule has 3 saturated carbocycles. The molecule has 0 amide bonds. The molecule has 0 aromatic carbocycles. The molecular weight excluding hydrogens is 415 g/mol. The molecule has 0 bridgehead atoms. The van der Waals surface area contributed by atoms with Gasteiger partial charge in [-0.3, -0.25) is 9.59 Å². The van der Waals surface area contributed by atoms with Crippen molar-refractivity contribution in [3.05, 3.63) is 23.8 Å². The van der Waals surface area contributed by atoms with Crippen LogP contribution < -0.4 is 0 Å². The number of carbonyl (C=O) groups is 2. The van der Waals surface area contributed by atoms with Crippen molar-refractivity contribution < 1.29 is 33.7 Å². The number of aliphatic hydroxyl groups is 2. The Morgan fingerprint density at radius 3 is 2.75 bits per heavy atom. The van der Waals surface area contributed by atoms with Crippen LogP contribution in [0, 0.1) is 28.6 Å². The topological polar surface area (TPSA) is 93.1 Å². The van der Waals surface area contributed by atoms with Gasteiger partial charge in [0.2, 0.25) is 0 Å². The number of alkyl halides is 1. The molecule has 0 radical (unpaired) electrons. The van der Waals surface area contributed by atoms with Gasteiger partial charge in [-0.15, -0.1) is 0 Å². The monoisotopic (exact) mass is 448 g/mol. The molecule has 2 N–H and O–H groups in total. The minimum absolute atomic E-state index is 0.110. The SMILES string of the molecule is CCC[C@H]1O[C@@H]2C[C@H]3[C@@H]4C[C@H](F)C5=CC(=O)C=C[C@]5(C)[C@H]4[C@@H](O)C[C@]3(C)[C@]2(C(=O)CO)O1. The first kappa shape index (κ1) is 22.4. The maximum atomic E-state index is 15.5. The predicted molar refractivity (Wildman–Crippen MR) is 113 cm³/mol. The molecule has 5 rings (SSSR count). The van der Waals surface area contributed by atoms with Crippen LogP contribution in [-0.2, 0) is 19.1 Å². The largest absolute Gasteiger partial charge is 0.393 e. The molecule has 0 unspecified atom stereocenters. The van der Waals surface area contributed by atoms with E-state index < -0.39 is 53.5 Å². The zero-order valence-corrected chi connectivity index (χ0v) is 18.9. The Kier molecular flexibility index (Phi) is 5.10. The van der Waals surface area contributed by atoms with E-state index in [0.717, 1.165) is 6.42 Å². The molecule has 32 heavy (non-hydrogen) atoms. The minimum atomic E-state index is -1.33. The Labute approximate surface area is 187 Å². The number of rotatable bonds is 4. The van der Waals surface area contributed by atoms with Gasteiger partial charge in [-0.2, -0.15) is 0 Å². The van der Waals surface area contributed by atoms with Gasteiger partial charge in [-0.1, -0.05) is 33.3 Å². The summed E-state index contributed by atoms with van der Waals surface area (Å²) >= 11 is 0. The number of allylic oxidation sites excluding steroid dienone is 4. The maximum absolute atomic E-state index is 15.5. The molecular formula is C25H33FO6. The third kappa shape index (κ3) is 2.65.